The van der Waals surface area contributed by atoms with Crippen LogP contribution < -0.4 is 5.32 Å². The van der Waals surface area contributed by atoms with E-state index in [9.17, 15) is 9.59 Å². The fourth-order valence-electron chi connectivity index (χ4n) is 2.56. The van der Waals surface area contributed by atoms with Crippen molar-refractivity contribution in [3.8, 4) is 0 Å². The van der Waals surface area contributed by atoms with Crippen molar-refractivity contribution < 1.29 is 9.59 Å². The van der Waals surface area contributed by atoms with Crippen LogP contribution in [-0.4, -0.2) is 60.4 Å². The number of carbonyl (C=O) groups is 2. The Hall–Kier alpha value is -1.10. The lowest BCUT2D eigenvalue weighted by Gasteiger charge is -2.42. The third-order valence-corrected chi connectivity index (χ3v) is 3.77. The summed E-state index contributed by atoms with van der Waals surface area (Å²) in [6.45, 7) is 6.84. The Morgan fingerprint density at radius 3 is 2.37 bits per heavy atom. The smallest absolute Gasteiger partial charge is 0.246 e. The van der Waals surface area contributed by atoms with Crippen LogP contribution in [0.5, 0.6) is 0 Å². The van der Waals surface area contributed by atoms with E-state index in [0.29, 0.717) is 12.8 Å². The molecule has 1 aliphatic rings. The van der Waals surface area contributed by atoms with Crippen molar-refractivity contribution in [2.45, 2.75) is 58.2 Å². The fourth-order valence-corrected chi connectivity index (χ4v) is 2.56. The zero-order chi connectivity index (χ0) is 14.6. The Morgan fingerprint density at radius 1 is 1.26 bits per heavy atom. The number of hydrogen-bond donors (Lipinski definition) is 1. The molecular weight excluding hydrogens is 242 g/mol. The van der Waals surface area contributed by atoms with Gasteiger partial charge in [0.15, 0.2) is 0 Å². The minimum Gasteiger partial charge on any atom is -0.343 e. The van der Waals surface area contributed by atoms with E-state index in [2.05, 4.69) is 10.2 Å². The van der Waals surface area contributed by atoms with Crippen molar-refractivity contribution in [3.63, 3.8) is 0 Å². The first-order chi connectivity index (χ1) is 8.92. The quantitative estimate of drug-likeness (QED) is 0.777. The molecule has 0 aliphatic carbocycles. The maximum absolute atomic E-state index is 12.5. The summed E-state index contributed by atoms with van der Waals surface area (Å²) >= 11 is 0. The molecule has 2 amide bonds. The number of piperazine rings is 1. The second-order valence-electron chi connectivity index (χ2n) is 5.58. The van der Waals surface area contributed by atoms with Crippen LogP contribution in [0.25, 0.3) is 0 Å². The maximum atomic E-state index is 12.5. The van der Waals surface area contributed by atoms with Crippen molar-refractivity contribution in [1.82, 2.24) is 15.1 Å². The number of nitrogens with one attached hydrogen (secondary N) is 1. The molecule has 0 radical (unpaired) electrons. The highest BCUT2D eigenvalue weighted by atomic mass is 16.2. The molecule has 3 unspecified atom stereocenters. The van der Waals surface area contributed by atoms with Crippen LogP contribution in [-0.2, 0) is 9.59 Å². The molecule has 1 heterocycles. The fraction of sp³-hybridized carbons (Fsp3) is 0.857. The van der Waals surface area contributed by atoms with Crippen LogP contribution in [0.3, 0.4) is 0 Å². The van der Waals surface area contributed by atoms with E-state index in [0.717, 1.165) is 13.0 Å². The number of amides is 2. The van der Waals surface area contributed by atoms with Gasteiger partial charge in [-0.1, -0.05) is 13.8 Å². The van der Waals surface area contributed by atoms with Gasteiger partial charge in [-0.05, 0) is 46.8 Å². The van der Waals surface area contributed by atoms with Gasteiger partial charge < -0.3 is 15.1 Å². The van der Waals surface area contributed by atoms with Gasteiger partial charge >= 0.3 is 0 Å². The predicted octanol–water partition coefficient (Wildman–Crippen LogP) is 0.842. The molecule has 110 valence electrons. The highest BCUT2D eigenvalue weighted by Crippen LogP contribution is 2.19. The van der Waals surface area contributed by atoms with Gasteiger partial charge in [-0.25, -0.2) is 0 Å². The van der Waals surface area contributed by atoms with Gasteiger partial charge in [-0.15, -0.1) is 0 Å². The van der Waals surface area contributed by atoms with E-state index in [-0.39, 0.29) is 29.9 Å². The molecule has 1 N–H and O–H groups in total. The molecule has 0 bridgehead atoms. The molecule has 5 nitrogen and oxygen atoms in total. The lowest BCUT2D eigenvalue weighted by molar-refractivity contribution is -0.152. The zero-order valence-electron chi connectivity index (χ0n) is 12.8. The zero-order valence-corrected chi connectivity index (χ0v) is 12.8. The monoisotopic (exact) mass is 269 g/mol. The van der Waals surface area contributed by atoms with Crippen molar-refractivity contribution >= 4 is 11.8 Å². The minimum absolute atomic E-state index is 0.00865. The Bertz CT molecular complexity index is 331. The number of carbonyl (C=O) groups excluding carboxylic acids is 2. The summed E-state index contributed by atoms with van der Waals surface area (Å²) in [4.78, 5) is 28.4. The second-order valence-corrected chi connectivity index (χ2v) is 5.58. The van der Waals surface area contributed by atoms with Crippen LogP contribution >= 0.6 is 0 Å². The molecule has 0 aromatic heterocycles. The molecule has 5 heteroatoms. The van der Waals surface area contributed by atoms with Crippen molar-refractivity contribution in [1.29, 1.82) is 0 Å². The molecule has 3 atom stereocenters. The topological polar surface area (TPSA) is 52.7 Å². The average molecular weight is 269 g/mol. The SMILES string of the molecule is CCC1NC(=O)C(CC)N(C(C)CCN(C)C)C1=O. The van der Waals surface area contributed by atoms with E-state index < -0.39 is 0 Å². The van der Waals surface area contributed by atoms with E-state index in [1.54, 1.807) is 4.90 Å². The molecule has 19 heavy (non-hydrogen) atoms. The third kappa shape index (κ3) is 3.69. The summed E-state index contributed by atoms with van der Waals surface area (Å²) < 4.78 is 0. The minimum atomic E-state index is -0.350. The summed E-state index contributed by atoms with van der Waals surface area (Å²) in [5.74, 6) is 0.0610. The summed E-state index contributed by atoms with van der Waals surface area (Å²) in [6, 6.07) is -0.565. The van der Waals surface area contributed by atoms with Gasteiger partial charge in [0.05, 0.1) is 0 Å². The Labute approximate surface area is 116 Å². The van der Waals surface area contributed by atoms with Crippen molar-refractivity contribution in [2.24, 2.45) is 0 Å². The maximum Gasteiger partial charge on any atom is 0.246 e. The first-order valence-corrected chi connectivity index (χ1v) is 7.19. The lowest BCUT2D eigenvalue weighted by atomic mass is 10.00. The molecule has 0 saturated carbocycles. The summed E-state index contributed by atoms with van der Waals surface area (Å²) in [6.07, 6.45) is 2.21. The van der Waals surface area contributed by atoms with Gasteiger partial charge in [-0.2, -0.15) is 0 Å². The standard InChI is InChI=1S/C14H27N3O2/c1-6-11-14(19)17(10(3)8-9-16(4)5)12(7-2)13(18)15-11/h10-12H,6-9H2,1-5H3,(H,15,18). The number of nitrogens with zero attached hydrogens (tertiary/aromatic N) is 2. The van der Waals surface area contributed by atoms with Gasteiger partial charge in [0.25, 0.3) is 0 Å². The molecule has 1 saturated heterocycles. The number of rotatable bonds is 6. The molecule has 0 aromatic carbocycles. The molecule has 0 aromatic rings. The molecule has 1 rings (SSSR count). The van der Waals surface area contributed by atoms with E-state index in [1.807, 2.05) is 34.9 Å². The Morgan fingerprint density at radius 2 is 1.89 bits per heavy atom. The van der Waals surface area contributed by atoms with E-state index >= 15 is 0 Å². The van der Waals surface area contributed by atoms with Gasteiger partial charge in [0, 0.05) is 6.04 Å². The van der Waals surface area contributed by atoms with Crippen LogP contribution in [0, 0.1) is 0 Å². The molecule has 0 spiro atoms. The molecule has 1 aliphatic heterocycles. The first-order valence-electron chi connectivity index (χ1n) is 7.19. The van der Waals surface area contributed by atoms with Gasteiger partial charge in [0.2, 0.25) is 11.8 Å². The average Bonchev–Trinajstić information content (AvgIpc) is 2.37. The van der Waals surface area contributed by atoms with Gasteiger partial charge in [-0.3, -0.25) is 9.59 Å². The first kappa shape index (κ1) is 16.0. The predicted molar refractivity (Wildman–Crippen MR) is 75.8 cm³/mol. The molecular formula is C14H27N3O2. The normalized spacial score (nSPS) is 25.7. The highest BCUT2D eigenvalue weighted by Gasteiger charge is 2.40. The third-order valence-electron chi connectivity index (χ3n) is 3.77. The van der Waals surface area contributed by atoms with Crippen LogP contribution in [0.1, 0.15) is 40.0 Å². The lowest BCUT2D eigenvalue weighted by Crippen LogP contribution is -2.65. The highest BCUT2D eigenvalue weighted by molar-refractivity contribution is 5.97. The second kappa shape index (κ2) is 6.89. The Balaban J connectivity index is 2.83. The van der Waals surface area contributed by atoms with Crippen molar-refractivity contribution in [2.75, 3.05) is 20.6 Å². The summed E-state index contributed by atoms with van der Waals surface area (Å²) in [5.41, 5.74) is 0. The van der Waals surface area contributed by atoms with E-state index in [4.69, 9.17) is 0 Å². The Kier molecular flexibility index (Phi) is 5.79. The van der Waals surface area contributed by atoms with Gasteiger partial charge in [0.1, 0.15) is 12.1 Å². The van der Waals surface area contributed by atoms with Crippen LogP contribution in [0.4, 0.5) is 0 Å². The summed E-state index contributed by atoms with van der Waals surface area (Å²) in [7, 11) is 4.03. The van der Waals surface area contributed by atoms with Crippen LogP contribution in [0.15, 0.2) is 0 Å². The van der Waals surface area contributed by atoms with Crippen molar-refractivity contribution in [3.05, 3.63) is 0 Å². The van der Waals surface area contributed by atoms with E-state index in [1.165, 1.54) is 0 Å². The summed E-state index contributed by atoms with van der Waals surface area (Å²) in [5, 5.41) is 2.83. The van der Waals surface area contributed by atoms with Crippen LogP contribution in [0.2, 0.25) is 0 Å². The number of hydrogen-bond acceptors (Lipinski definition) is 3. The molecule has 1 fully saturated rings. The largest absolute Gasteiger partial charge is 0.343 e.